The fraction of sp³-hybridized carbons (Fsp3) is 0.375. The van der Waals surface area contributed by atoms with Gasteiger partial charge in [0.2, 0.25) is 15.8 Å². The van der Waals surface area contributed by atoms with Gasteiger partial charge in [-0.25, -0.2) is 18.4 Å². The number of esters is 1. The maximum atomic E-state index is 11.5. The van der Waals surface area contributed by atoms with Gasteiger partial charge in [0.05, 0.1) is 13.2 Å². The van der Waals surface area contributed by atoms with Crippen LogP contribution in [0.25, 0.3) is 0 Å². The molecule has 0 amide bonds. The van der Waals surface area contributed by atoms with E-state index in [1.807, 2.05) is 0 Å². The summed E-state index contributed by atoms with van der Waals surface area (Å²) in [7, 11) is -3.94. The number of hydrogen-bond donors (Lipinski definition) is 1. The molecule has 2 heterocycles. The van der Waals surface area contributed by atoms with Crippen LogP contribution in [0.2, 0.25) is 0 Å². The highest BCUT2D eigenvalue weighted by Gasteiger charge is 2.27. The van der Waals surface area contributed by atoms with E-state index in [4.69, 9.17) is 19.0 Å². The number of hydrogen-bond acceptors (Lipinski definition) is 6. The average molecular weight is 326 g/mol. The highest BCUT2D eigenvalue weighted by atomic mass is 79.9. The van der Waals surface area contributed by atoms with Crippen molar-refractivity contribution in [1.29, 1.82) is 0 Å². The zero-order valence-electron chi connectivity index (χ0n) is 8.38. The second-order valence-corrected chi connectivity index (χ2v) is 5.61. The maximum absolute atomic E-state index is 11.5. The Bertz CT molecular complexity index is 546. The van der Waals surface area contributed by atoms with Crippen LogP contribution in [0.15, 0.2) is 20.0 Å². The molecule has 0 saturated carbocycles. The first-order valence-electron chi connectivity index (χ1n) is 4.49. The average Bonchev–Trinajstić information content (AvgIpc) is 2.53. The number of rotatable bonds is 3. The Balaban J connectivity index is 2.19. The first kappa shape index (κ1) is 12.6. The van der Waals surface area contributed by atoms with Gasteiger partial charge in [-0.1, -0.05) is 0 Å². The molecule has 0 aliphatic carbocycles. The minimum absolute atomic E-state index is 0.128. The monoisotopic (exact) mass is 325 g/mol. The summed E-state index contributed by atoms with van der Waals surface area (Å²) in [6.07, 6.45) is -0.315. The molecule has 9 heteroatoms. The van der Waals surface area contributed by atoms with Gasteiger partial charge >= 0.3 is 5.97 Å². The van der Waals surface area contributed by atoms with Crippen LogP contribution < -0.4 is 5.14 Å². The minimum Gasteiger partial charge on any atom is -0.452 e. The second-order valence-electron chi connectivity index (χ2n) is 3.36. The number of furan rings is 1. The van der Waals surface area contributed by atoms with E-state index in [0.29, 0.717) is 13.2 Å². The van der Waals surface area contributed by atoms with E-state index < -0.39 is 16.0 Å². The van der Waals surface area contributed by atoms with Crippen LogP contribution in [0.4, 0.5) is 0 Å². The summed E-state index contributed by atoms with van der Waals surface area (Å²) in [6, 6.07) is 1.02. The molecule has 94 valence electrons. The highest BCUT2D eigenvalue weighted by molar-refractivity contribution is 9.10. The molecule has 7 nitrogen and oxygen atoms in total. The van der Waals surface area contributed by atoms with Gasteiger partial charge in [-0.05, 0) is 15.9 Å². The van der Waals surface area contributed by atoms with Crippen LogP contribution in [-0.4, -0.2) is 33.7 Å². The molecule has 0 unspecified atom stereocenters. The SMILES string of the molecule is NS(=O)(=O)c1cc(C(=O)OC2COC2)oc1Br. The maximum Gasteiger partial charge on any atom is 0.374 e. The summed E-state index contributed by atoms with van der Waals surface area (Å²) >= 11 is 2.86. The predicted molar refractivity (Wildman–Crippen MR) is 57.8 cm³/mol. The van der Waals surface area contributed by atoms with Gasteiger partial charge < -0.3 is 13.9 Å². The summed E-state index contributed by atoms with van der Waals surface area (Å²) < 4.78 is 36.7. The third-order valence-corrected chi connectivity index (χ3v) is 3.81. The summed E-state index contributed by atoms with van der Waals surface area (Å²) in [5.41, 5.74) is 0. The van der Waals surface area contributed by atoms with Crippen LogP contribution in [0.3, 0.4) is 0 Å². The number of primary sulfonamides is 1. The Labute approximate surface area is 105 Å². The van der Waals surface area contributed by atoms with E-state index in [-0.39, 0.29) is 21.4 Å². The Kier molecular flexibility index (Phi) is 3.25. The molecule has 2 N–H and O–H groups in total. The third kappa shape index (κ3) is 2.68. The molecule has 1 fully saturated rings. The number of carbonyl (C=O) groups is 1. The first-order valence-corrected chi connectivity index (χ1v) is 6.82. The van der Waals surface area contributed by atoms with Crippen molar-refractivity contribution in [2.45, 2.75) is 11.0 Å². The summed E-state index contributed by atoms with van der Waals surface area (Å²) in [5, 5.41) is 4.92. The van der Waals surface area contributed by atoms with Crippen LogP contribution in [0.5, 0.6) is 0 Å². The van der Waals surface area contributed by atoms with E-state index in [9.17, 15) is 13.2 Å². The Morgan fingerprint density at radius 2 is 2.18 bits per heavy atom. The fourth-order valence-corrected chi connectivity index (χ4v) is 2.64. The topological polar surface area (TPSA) is 109 Å². The molecular weight excluding hydrogens is 318 g/mol. The van der Waals surface area contributed by atoms with Crippen LogP contribution in [-0.2, 0) is 19.5 Å². The van der Waals surface area contributed by atoms with Crippen molar-refractivity contribution in [3.63, 3.8) is 0 Å². The van der Waals surface area contributed by atoms with Crippen molar-refractivity contribution in [2.24, 2.45) is 5.14 Å². The number of nitrogens with two attached hydrogens (primary N) is 1. The van der Waals surface area contributed by atoms with Crippen molar-refractivity contribution in [2.75, 3.05) is 13.2 Å². The van der Waals surface area contributed by atoms with Gasteiger partial charge in [0, 0.05) is 6.07 Å². The lowest BCUT2D eigenvalue weighted by molar-refractivity contribution is -0.104. The normalized spacial score (nSPS) is 16.6. The molecule has 17 heavy (non-hydrogen) atoms. The van der Waals surface area contributed by atoms with Crippen molar-refractivity contribution < 1.29 is 27.1 Å². The summed E-state index contributed by atoms with van der Waals surface area (Å²) in [4.78, 5) is 11.2. The smallest absolute Gasteiger partial charge is 0.374 e. The molecule has 0 radical (unpaired) electrons. The number of carbonyl (C=O) groups excluding carboxylic acids is 1. The van der Waals surface area contributed by atoms with Gasteiger partial charge in [0.15, 0.2) is 4.67 Å². The lowest BCUT2D eigenvalue weighted by Gasteiger charge is -2.24. The first-order chi connectivity index (χ1) is 7.88. The molecule has 2 rings (SSSR count). The van der Waals surface area contributed by atoms with Crippen LogP contribution in [0.1, 0.15) is 10.6 Å². The van der Waals surface area contributed by atoms with Crippen LogP contribution >= 0.6 is 15.9 Å². The molecule has 0 atom stereocenters. The van der Waals surface area contributed by atoms with Gasteiger partial charge in [0.25, 0.3) is 0 Å². The van der Waals surface area contributed by atoms with Crippen molar-refractivity contribution in [3.05, 3.63) is 16.5 Å². The second kappa shape index (κ2) is 4.41. The van der Waals surface area contributed by atoms with E-state index in [2.05, 4.69) is 15.9 Å². The molecule has 0 spiro atoms. The Morgan fingerprint density at radius 1 is 1.53 bits per heavy atom. The van der Waals surface area contributed by atoms with Gasteiger partial charge in [-0.2, -0.15) is 0 Å². The molecule has 1 aliphatic heterocycles. The predicted octanol–water partition coefficient (Wildman–Crippen LogP) is 0.245. The van der Waals surface area contributed by atoms with E-state index in [0.717, 1.165) is 6.07 Å². The standard InChI is InChI=1S/C8H8BrNO6S/c9-7-6(17(10,12)13)1-5(16-7)8(11)15-4-2-14-3-4/h1,4H,2-3H2,(H2,10,12,13). The fourth-order valence-electron chi connectivity index (χ4n) is 1.14. The lowest BCUT2D eigenvalue weighted by atomic mass is 10.3. The van der Waals surface area contributed by atoms with Crippen LogP contribution in [0, 0.1) is 0 Å². The van der Waals surface area contributed by atoms with E-state index >= 15 is 0 Å². The number of halogens is 1. The molecule has 0 aromatic carbocycles. The Morgan fingerprint density at radius 3 is 2.59 bits per heavy atom. The molecule has 1 aliphatic rings. The molecule has 1 aromatic heterocycles. The van der Waals surface area contributed by atoms with E-state index in [1.165, 1.54) is 0 Å². The highest BCUT2D eigenvalue weighted by Crippen LogP contribution is 2.26. The molecule has 1 aromatic rings. The number of sulfonamides is 1. The molecule has 0 bridgehead atoms. The van der Waals surface area contributed by atoms with Crippen molar-refractivity contribution in [3.8, 4) is 0 Å². The zero-order chi connectivity index (χ0) is 12.6. The lowest BCUT2D eigenvalue weighted by Crippen LogP contribution is -2.37. The van der Waals surface area contributed by atoms with Crippen molar-refractivity contribution >= 4 is 31.9 Å². The third-order valence-electron chi connectivity index (χ3n) is 2.04. The zero-order valence-corrected chi connectivity index (χ0v) is 10.8. The molecular formula is C8H8BrNO6S. The van der Waals surface area contributed by atoms with Gasteiger partial charge in [-0.3, -0.25) is 0 Å². The quantitative estimate of drug-likeness (QED) is 0.797. The summed E-state index contributed by atoms with van der Waals surface area (Å²) in [6.45, 7) is 0.658. The summed E-state index contributed by atoms with van der Waals surface area (Å²) in [5.74, 6) is -0.985. The largest absolute Gasteiger partial charge is 0.452 e. The van der Waals surface area contributed by atoms with E-state index in [1.54, 1.807) is 0 Å². The minimum atomic E-state index is -3.94. The van der Waals surface area contributed by atoms with Gasteiger partial charge in [-0.15, -0.1) is 0 Å². The molecule has 1 saturated heterocycles. The van der Waals surface area contributed by atoms with Gasteiger partial charge in [0.1, 0.15) is 11.0 Å². The van der Waals surface area contributed by atoms with Crippen molar-refractivity contribution in [1.82, 2.24) is 0 Å². The number of ether oxygens (including phenoxy) is 2. The Hall–Kier alpha value is -0.900.